The van der Waals surface area contributed by atoms with E-state index in [1.54, 1.807) is 12.1 Å². The Morgan fingerprint density at radius 2 is 2.05 bits per heavy atom. The van der Waals surface area contributed by atoms with Crippen molar-refractivity contribution >= 4 is 45.2 Å². The van der Waals surface area contributed by atoms with Crippen molar-refractivity contribution in [2.45, 2.75) is 37.0 Å². The highest BCUT2D eigenvalue weighted by Crippen LogP contribution is 2.27. The Kier molecular flexibility index (Phi) is 5.60. The first-order valence-corrected chi connectivity index (χ1v) is 8.84. The second-order valence-corrected chi connectivity index (χ2v) is 7.24. The van der Waals surface area contributed by atoms with Crippen LogP contribution in [0.25, 0.3) is 0 Å². The Bertz CT molecular complexity index is 461. The predicted molar refractivity (Wildman–Crippen MR) is 86.2 cm³/mol. The minimum atomic E-state index is -0.0398. The van der Waals surface area contributed by atoms with Crippen molar-refractivity contribution in [1.82, 2.24) is 5.32 Å². The van der Waals surface area contributed by atoms with E-state index < -0.39 is 0 Å². The first-order valence-electron chi connectivity index (χ1n) is 6.39. The van der Waals surface area contributed by atoms with Gasteiger partial charge < -0.3 is 5.32 Å². The maximum absolute atomic E-state index is 12.2. The minimum Gasteiger partial charge on any atom is -0.349 e. The molecule has 0 bridgehead atoms. The lowest BCUT2D eigenvalue weighted by Crippen LogP contribution is -2.38. The Morgan fingerprint density at radius 3 is 2.68 bits per heavy atom. The van der Waals surface area contributed by atoms with E-state index in [0.29, 0.717) is 16.6 Å². The highest BCUT2D eigenvalue weighted by molar-refractivity contribution is 9.10. The summed E-state index contributed by atoms with van der Waals surface area (Å²) in [4.78, 5) is 12.2. The number of amides is 1. The van der Waals surface area contributed by atoms with Crippen molar-refractivity contribution in [3.8, 4) is 0 Å². The Balaban J connectivity index is 1.96. The Morgan fingerprint density at radius 1 is 1.37 bits per heavy atom. The van der Waals surface area contributed by atoms with Gasteiger partial charge in [-0.15, -0.1) is 0 Å². The summed E-state index contributed by atoms with van der Waals surface area (Å²) in [6, 6.07) is 5.57. The monoisotopic (exact) mass is 361 g/mol. The number of carbonyl (C=O) groups is 1. The van der Waals surface area contributed by atoms with Gasteiger partial charge in [0.1, 0.15) is 0 Å². The number of rotatable bonds is 3. The number of halogens is 2. The molecule has 0 aromatic heterocycles. The molecule has 0 radical (unpaired) electrons. The van der Waals surface area contributed by atoms with Gasteiger partial charge in [0.15, 0.2) is 0 Å². The molecule has 1 saturated carbocycles. The van der Waals surface area contributed by atoms with Crippen molar-refractivity contribution in [2.75, 3.05) is 6.26 Å². The predicted octanol–water partition coefficient (Wildman–Crippen LogP) is 4.51. The molecule has 1 aliphatic carbocycles. The summed E-state index contributed by atoms with van der Waals surface area (Å²) < 4.78 is 0.784. The average molecular weight is 363 g/mol. The summed E-state index contributed by atoms with van der Waals surface area (Å²) in [5.41, 5.74) is 0.611. The van der Waals surface area contributed by atoms with Crippen LogP contribution in [0.1, 0.15) is 36.0 Å². The third kappa shape index (κ3) is 4.14. The van der Waals surface area contributed by atoms with Crippen LogP contribution in [0.5, 0.6) is 0 Å². The summed E-state index contributed by atoms with van der Waals surface area (Å²) in [6.45, 7) is 0. The summed E-state index contributed by atoms with van der Waals surface area (Å²) in [6.07, 6.45) is 6.66. The van der Waals surface area contributed by atoms with E-state index >= 15 is 0 Å². The summed E-state index contributed by atoms with van der Waals surface area (Å²) >= 11 is 11.3. The van der Waals surface area contributed by atoms with Crippen LogP contribution in [0.3, 0.4) is 0 Å². The van der Waals surface area contributed by atoms with Crippen LogP contribution in [0, 0.1) is 0 Å². The fourth-order valence-corrected chi connectivity index (χ4v) is 3.72. The molecule has 1 aliphatic rings. The van der Waals surface area contributed by atoms with Gasteiger partial charge in [0, 0.05) is 20.8 Å². The van der Waals surface area contributed by atoms with E-state index in [9.17, 15) is 4.79 Å². The van der Waals surface area contributed by atoms with Crippen LogP contribution in [0.4, 0.5) is 0 Å². The van der Waals surface area contributed by atoms with E-state index in [2.05, 4.69) is 27.5 Å². The lowest BCUT2D eigenvalue weighted by Gasteiger charge is -2.28. The molecule has 0 unspecified atom stereocenters. The maximum atomic E-state index is 12.2. The normalized spacial score (nSPS) is 23.1. The number of carbonyl (C=O) groups excluding carboxylic acids is 1. The molecule has 19 heavy (non-hydrogen) atoms. The van der Waals surface area contributed by atoms with Gasteiger partial charge in [-0.25, -0.2) is 0 Å². The minimum absolute atomic E-state index is 0.0398. The van der Waals surface area contributed by atoms with Gasteiger partial charge in [-0.3, -0.25) is 4.79 Å². The fraction of sp³-hybridized carbons (Fsp3) is 0.500. The molecule has 0 aliphatic heterocycles. The van der Waals surface area contributed by atoms with Gasteiger partial charge in [-0.2, -0.15) is 11.8 Å². The number of nitrogens with one attached hydrogen (secondary N) is 1. The number of hydrogen-bond donors (Lipinski definition) is 1. The van der Waals surface area contributed by atoms with Crippen molar-refractivity contribution < 1.29 is 4.79 Å². The first kappa shape index (κ1) is 15.2. The molecule has 1 N–H and O–H groups in total. The summed E-state index contributed by atoms with van der Waals surface area (Å²) in [5, 5.41) is 4.45. The first-order chi connectivity index (χ1) is 9.10. The largest absolute Gasteiger partial charge is 0.349 e. The van der Waals surface area contributed by atoms with Gasteiger partial charge in [0.05, 0.1) is 5.56 Å². The molecule has 0 saturated heterocycles. The zero-order valence-corrected chi connectivity index (χ0v) is 13.9. The third-order valence-corrected chi connectivity index (χ3v) is 5.58. The van der Waals surface area contributed by atoms with E-state index in [4.69, 9.17) is 11.6 Å². The quantitative estimate of drug-likeness (QED) is 0.857. The van der Waals surface area contributed by atoms with Crippen LogP contribution in [-0.4, -0.2) is 23.5 Å². The third-order valence-electron chi connectivity index (χ3n) is 3.52. The van der Waals surface area contributed by atoms with E-state index in [0.717, 1.165) is 22.6 Å². The second-order valence-electron chi connectivity index (χ2n) is 4.81. The number of thioether (sulfide) groups is 1. The van der Waals surface area contributed by atoms with Crippen molar-refractivity contribution in [2.24, 2.45) is 0 Å². The van der Waals surface area contributed by atoms with Crippen molar-refractivity contribution in [3.63, 3.8) is 0 Å². The smallest absolute Gasteiger partial charge is 0.252 e. The van der Waals surface area contributed by atoms with Crippen LogP contribution in [0.15, 0.2) is 22.7 Å². The number of hydrogen-bond acceptors (Lipinski definition) is 2. The SMILES string of the molecule is CSC1CCC(NC(=O)c2cc(Cl)ccc2Br)CC1. The molecule has 104 valence electrons. The molecule has 1 aromatic carbocycles. The second kappa shape index (κ2) is 7.00. The van der Waals surface area contributed by atoms with E-state index in [1.807, 2.05) is 17.8 Å². The van der Waals surface area contributed by atoms with Gasteiger partial charge in [-0.1, -0.05) is 11.6 Å². The molecule has 0 atom stereocenters. The summed E-state index contributed by atoms with van der Waals surface area (Å²) in [7, 11) is 0. The maximum Gasteiger partial charge on any atom is 0.252 e. The Labute approximate surface area is 131 Å². The molecule has 0 heterocycles. The summed E-state index contributed by atoms with van der Waals surface area (Å²) in [5.74, 6) is -0.0398. The molecular weight excluding hydrogens is 346 g/mol. The zero-order valence-electron chi connectivity index (χ0n) is 10.8. The molecule has 1 aromatic rings. The van der Waals surface area contributed by atoms with E-state index in [1.165, 1.54) is 12.8 Å². The highest BCUT2D eigenvalue weighted by Gasteiger charge is 2.22. The molecule has 2 nitrogen and oxygen atoms in total. The van der Waals surface area contributed by atoms with Gasteiger partial charge in [0.2, 0.25) is 0 Å². The molecule has 0 spiro atoms. The number of benzene rings is 1. The van der Waals surface area contributed by atoms with Gasteiger partial charge in [0.25, 0.3) is 5.91 Å². The van der Waals surface area contributed by atoms with Gasteiger partial charge in [-0.05, 0) is 66.1 Å². The Hall–Kier alpha value is -0.190. The van der Waals surface area contributed by atoms with Crippen LogP contribution in [-0.2, 0) is 0 Å². The highest BCUT2D eigenvalue weighted by atomic mass is 79.9. The van der Waals surface area contributed by atoms with E-state index in [-0.39, 0.29) is 5.91 Å². The fourth-order valence-electron chi connectivity index (χ4n) is 2.38. The lowest BCUT2D eigenvalue weighted by molar-refractivity contribution is 0.0927. The standard InChI is InChI=1S/C14H17BrClNOS/c1-19-11-5-3-10(4-6-11)17-14(18)12-8-9(16)2-7-13(12)15/h2,7-8,10-11H,3-6H2,1H3,(H,17,18). The average Bonchev–Trinajstić information content (AvgIpc) is 2.42. The van der Waals surface area contributed by atoms with Crippen molar-refractivity contribution in [1.29, 1.82) is 0 Å². The van der Waals surface area contributed by atoms with Gasteiger partial charge >= 0.3 is 0 Å². The molecular formula is C14H17BrClNOS. The topological polar surface area (TPSA) is 29.1 Å². The molecule has 1 fully saturated rings. The molecule has 1 amide bonds. The van der Waals surface area contributed by atoms with Crippen LogP contribution < -0.4 is 5.32 Å². The zero-order chi connectivity index (χ0) is 13.8. The van der Waals surface area contributed by atoms with Crippen LogP contribution >= 0.6 is 39.3 Å². The van der Waals surface area contributed by atoms with Crippen LogP contribution in [0.2, 0.25) is 5.02 Å². The molecule has 5 heteroatoms. The lowest BCUT2D eigenvalue weighted by atomic mass is 9.94. The van der Waals surface area contributed by atoms with Crippen molar-refractivity contribution in [3.05, 3.63) is 33.3 Å². The molecule has 2 rings (SSSR count).